The van der Waals surface area contributed by atoms with Crippen molar-refractivity contribution >= 4 is 30.4 Å². The molecule has 8 heteroatoms. The van der Waals surface area contributed by atoms with Crippen LogP contribution in [0, 0.1) is 0 Å². The first-order valence-corrected chi connectivity index (χ1v) is 5.27. The standard InChI is InChI=1S/C4H6N2O2.C4H9NO2S/c7-3-4(8)6-2-1-5-3;5-3(1-2-8)4(6)7/h1-2H2,(H,5,7)(H,6,8);3,8H,1-2,5H2,(H,6,7)/t;3-/m.0/s1. The third kappa shape index (κ3) is 6.25. The summed E-state index contributed by atoms with van der Waals surface area (Å²) in [4.78, 5) is 30.5. The molecule has 16 heavy (non-hydrogen) atoms. The van der Waals surface area contributed by atoms with Crippen molar-refractivity contribution in [3.63, 3.8) is 0 Å². The van der Waals surface area contributed by atoms with Crippen LogP contribution < -0.4 is 16.4 Å². The molecule has 5 N–H and O–H groups in total. The number of hydrogen-bond donors (Lipinski definition) is 5. The first kappa shape index (κ1) is 14.7. The highest BCUT2D eigenvalue weighted by Gasteiger charge is 2.15. The van der Waals surface area contributed by atoms with Crippen molar-refractivity contribution in [1.29, 1.82) is 0 Å². The smallest absolute Gasteiger partial charge is 0.320 e. The van der Waals surface area contributed by atoms with Crippen molar-refractivity contribution in [3.8, 4) is 0 Å². The van der Waals surface area contributed by atoms with E-state index in [4.69, 9.17) is 10.8 Å². The van der Waals surface area contributed by atoms with Crippen LogP contribution in [0.5, 0.6) is 0 Å². The highest BCUT2D eigenvalue weighted by atomic mass is 32.1. The fourth-order valence-corrected chi connectivity index (χ4v) is 1.05. The summed E-state index contributed by atoms with van der Waals surface area (Å²) in [7, 11) is 0. The van der Waals surface area contributed by atoms with Crippen LogP contribution in [0.3, 0.4) is 0 Å². The Morgan fingerprint density at radius 3 is 2.00 bits per heavy atom. The van der Waals surface area contributed by atoms with Crippen LogP contribution in [0.4, 0.5) is 0 Å². The van der Waals surface area contributed by atoms with E-state index < -0.39 is 23.8 Å². The van der Waals surface area contributed by atoms with Gasteiger partial charge in [0.2, 0.25) is 0 Å². The molecule has 0 aromatic rings. The monoisotopic (exact) mass is 249 g/mol. The Labute approximate surface area is 98.2 Å². The minimum absolute atomic E-state index is 0.429. The van der Waals surface area contributed by atoms with Gasteiger partial charge >= 0.3 is 17.8 Å². The molecule has 0 spiro atoms. The van der Waals surface area contributed by atoms with Gasteiger partial charge in [0.05, 0.1) is 0 Å². The summed E-state index contributed by atoms with van der Waals surface area (Å²) in [5, 5.41) is 12.9. The summed E-state index contributed by atoms with van der Waals surface area (Å²) >= 11 is 3.81. The van der Waals surface area contributed by atoms with Crippen LogP contribution in [0.2, 0.25) is 0 Å². The number of aliphatic carboxylic acids is 1. The zero-order chi connectivity index (χ0) is 12.6. The Kier molecular flexibility index (Phi) is 7.31. The van der Waals surface area contributed by atoms with Crippen molar-refractivity contribution < 1.29 is 19.5 Å². The van der Waals surface area contributed by atoms with Gasteiger partial charge in [0.15, 0.2) is 0 Å². The molecule has 1 aliphatic heterocycles. The van der Waals surface area contributed by atoms with Gasteiger partial charge in [-0.15, -0.1) is 0 Å². The molecule has 0 bridgehead atoms. The van der Waals surface area contributed by atoms with Gasteiger partial charge in [0.1, 0.15) is 6.04 Å². The number of rotatable bonds is 3. The van der Waals surface area contributed by atoms with E-state index in [1.54, 1.807) is 0 Å². The number of hydrogen-bond acceptors (Lipinski definition) is 5. The van der Waals surface area contributed by atoms with E-state index in [1.807, 2.05) is 0 Å². The second-order valence-corrected chi connectivity index (χ2v) is 3.42. The lowest BCUT2D eigenvalue weighted by Gasteiger charge is -2.10. The molecule has 1 atom stereocenters. The SMILES string of the molecule is N[C@@H](CCS)C(=O)O.O=C1NCCNC1=O. The second kappa shape index (κ2) is 7.94. The van der Waals surface area contributed by atoms with Crippen LogP contribution in [0.15, 0.2) is 0 Å². The quantitative estimate of drug-likeness (QED) is 0.291. The molecule has 0 aromatic carbocycles. The summed E-state index contributed by atoms with van der Waals surface area (Å²) in [5.41, 5.74) is 5.08. The Hall–Kier alpha value is -1.28. The first-order chi connectivity index (χ1) is 7.49. The van der Waals surface area contributed by atoms with Crippen LogP contribution in [0.1, 0.15) is 6.42 Å². The van der Waals surface area contributed by atoms with Crippen LogP contribution in [0.25, 0.3) is 0 Å². The first-order valence-electron chi connectivity index (χ1n) is 4.64. The summed E-state index contributed by atoms with van der Waals surface area (Å²) in [6.45, 7) is 1.09. The molecule has 92 valence electrons. The molecular formula is C8H15N3O4S. The number of thiol groups is 1. The molecule has 7 nitrogen and oxygen atoms in total. The molecule has 0 saturated carbocycles. The number of carbonyl (C=O) groups excluding carboxylic acids is 2. The van der Waals surface area contributed by atoms with Crippen LogP contribution in [-0.2, 0) is 14.4 Å². The number of nitrogens with two attached hydrogens (primary N) is 1. The van der Waals surface area contributed by atoms with Crippen molar-refractivity contribution in [2.45, 2.75) is 12.5 Å². The Balaban J connectivity index is 0.000000281. The number of carboxylic acid groups (broad SMARTS) is 1. The number of amides is 2. The number of carboxylic acids is 1. The van der Waals surface area contributed by atoms with Crippen molar-refractivity contribution in [3.05, 3.63) is 0 Å². The third-order valence-electron chi connectivity index (χ3n) is 1.66. The van der Waals surface area contributed by atoms with E-state index >= 15 is 0 Å². The Bertz CT molecular complexity index is 256. The maximum absolute atomic E-state index is 10.3. The van der Waals surface area contributed by atoms with Gasteiger partial charge in [0.25, 0.3) is 0 Å². The molecule has 2 amide bonds. The van der Waals surface area contributed by atoms with Crippen molar-refractivity contribution in [2.75, 3.05) is 18.8 Å². The topological polar surface area (TPSA) is 122 Å². The minimum Gasteiger partial charge on any atom is -0.480 e. The maximum atomic E-state index is 10.3. The molecule has 0 aliphatic carbocycles. The molecular weight excluding hydrogens is 234 g/mol. The maximum Gasteiger partial charge on any atom is 0.320 e. The van der Waals surface area contributed by atoms with Gasteiger partial charge in [0, 0.05) is 13.1 Å². The number of nitrogens with one attached hydrogen (secondary N) is 2. The largest absolute Gasteiger partial charge is 0.480 e. The molecule has 0 radical (unpaired) electrons. The van der Waals surface area contributed by atoms with Crippen LogP contribution >= 0.6 is 12.6 Å². The third-order valence-corrected chi connectivity index (χ3v) is 1.92. The predicted molar refractivity (Wildman–Crippen MR) is 60.1 cm³/mol. The Morgan fingerprint density at radius 2 is 1.81 bits per heavy atom. The van der Waals surface area contributed by atoms with Crippen molar-refractivity contribution in [2.24, 2.45) is 5.73 Å². The molecule has 1 rings (SSSR count). The predicted octanol–water partition coefficient (Wildman–Crippen LogP) is -2.05. The van der Waals surface area contributed by atoms with Crippen LogP contribution in [-0.4, -0.2) is 47.8 Å². The minimum atomic E-state index is -0.959. The van der Waals surface area contributed by atoms with E-state index in [2.05, 4.69) is 23.3 Å². The highest BCUT2D eigenvalue weighted by Crippen LogP contribution is 1.88. The molecule has 0 unspecified atom stereocenters. The summed E-state index contributed by atoms with van der Waals surface area (Å²) in [6, 6.07) is -0.743. The summed E-state index contributed by atoms with van der Waals surface area (Å²) in [6.07, 6.45) is 0.429. The molecule has 1 heterocycles. The van der Waals surface area contributed by atoms with E-state index in [-0.39, 0.29) is 0 Å². The number of piperazine rings is 1. The van der Waals surface area contributed by atoms with E-state index in [0.29, 0.717) is 25.3 Å². The zero-order valence-corrected chi connectivity index (χ0v) is 9.50. The van der Waals surface area contributed by atoms with E-state index in [0.717, 1.165) is 0 Å². The highest BCUT2D eigenvalue weighted by molar-refractivity contribution is 7.80. The molecule has 1 fully saturated rings. The van der Waals surface area contributed by atoms with Gasteiger partial charge < -0.3 is 21.5 Å². The molecule has 0 aromatic heterocycles. The van der Waals surface area contributed by atoms with Gasteiger partial charge in [-0.05, 0) is 12.2 Å². The lowest BCUT2D eigenvalue weighted by Crippen LogP contribution is -2.49. The van der Waals surface area contributed by atoms with Crippen molar-refractivity contribution in [1.82, 2.24) is 10.6 Å². The fraction of sp³-hybridized carbons (Fsp3) is 0.625. The molecule has 1 saturated heterocycles. The summed E-state index contributed by atoms with van der Waals surface area (Å²) < 4.78 is 0. The van der Waals surface area contributed by atoms with E-state index in [9.17, 15) is 14.4 Å². The summed E-state index contributed by atoms with van der Waals surface area (Å²) in [5.74, 6) is -1.50. The average Bonchev–Trinajstić information content (AvgIpc) is 2.24. The lowest BCUT2D eigenvalue weighted by atomic mass is 10.2. The Morgan fingerprint density at radius 1 is 1.38 bits per heavy atom. The van der Waals surface area contributed by atoms with Gasteiger partial charge in [-0.3, -0.25) is 14.4 Å². The normalized spacial score (nSPS) is 16.4. The zero-order valence-electron chi connectivity index (χ0n) is 8.60. The molecule has 1 aliphatic rings. The average molecular weight is 249 g/mol. The van der Waals surface area contributed by atoms with E-state index in [1.165, 1.54) is 0 Å². The number of carbonyl (C=O) groups is 3. The fourth-order valence-electron chi connectivity index (χ4n) is 0.775. The lowest BCUT2D eigenvalue weighted by molar-refractivity contribution is -0.140. The van der Waals surface area contributed by atoms with Gasteiger partial charge in [-0.1, -0.05) is 0 Å². The van der Waals surface area contributed by atoms with Gasteiger partial charge in [-0.25, -0.2) is 0 Å². The second-order valence-electron chi connectivity index (χ2n) is 2.97. The van der Waals surface area contributed by atoms with Gasteiger partial charge in [-0.2, -0.15) is 12.6 Å².